The highest BCUT2D eigenvalue weighted by molar-refractivity contribution is 8.00. The van der Waals surface area contributed by atoms with Gasteiger partial charge in [-0.3, -0.25) is 4.79 Å². The van der Waals surface area contributed by atoms with Crippen LogP contribution in [0.25, 0.3) is 6.08 Å². The lowest BCUT2D eigenvalue weighted by Gasteiger charge is -2.10. The predicted molar refractivity (Wildman–Crippen MR) is 106 cm³/mol. The van der Waals surface area contributed by atoms with Crippen molar-refractivity contribution in [2.75, 3.05) is 12.4 Å². The lowest BCUT2D eigenvalue weighted by Crippen LogP contribution is -2.31. The number of hydrogen-bond donors (Lipinski definition) is 1. The van der Waals surface area contributed by atoms with Crippen LogP contribution in [0.2, 0.25) is 0 Å². The molecule has 0 spiro atoms. The summed E-state index contributed by atoms with van der Waals surface area (Å²) in [7, 11) is 0. The summed E-state index contributed by atoms with van der Waals surface area (Å²) in [5, 5.41) is 2.83. The van der Waals surface area contributed by atoms with Gasteiger partial charge >= 0.3 is 5.97 Å². The van der Waals surface area contributed by atoms with Crippen molar-refractivity contribution in [2.24, 2.45) is 0 Å². The Hall–Kier alpha value is -2.53. The Morgan fingerprint density at radius 2 is 1.77 bits per heavy atom. The Morgan fingerprint density at radius 3 is 2.50 bits per heavy atom. The molecule has 0 aliphatic carbocycles. The van der Waals surface area contributed by atoms with Crippen LogP contribution in [0.4, 0.5) is 0 Å². The van der Waals surface area contributed by atoms with Crippen LogP contribution in [0.1, 0.15) is 29.8 Å². The molecule has 0 heterocycles. The lowest BCUT2D eigenvalue weighted by atomic mass is 10.2. The average Bonchev–Trinajstić information content (AvgIpc) is 2.64. The Bertz CT molecular complexity index is 757. The molecule has 0 unspecified atom stereocenters. The first-order chi connectivity index (χ1) is 12.6. The molecule has 0 aliphatic heterocycles. The summed E-state index contributed by atoms with van der Waals surface area (Å²) in [6, 6.07) is 17.1. The van der Waals surface area contributed by atoms with Gasteiger partial charge in [-0.05, 0) is 37.6 Å². The monoisotopic (exact) mass is 369 g/mol. The molecule has 5 heteroatoms. The van der Waals surface area contributed by atoms with Crippen molar-refractivity contribution in [2.45, 2.75) is 24.8 Å². The van der Waals surface area contributed by atoms with Crippen LogP contribution in [0.15, 0.2) is 65.6 Å². The Kier molecular flexibility index (Phi) is 7.96. The van der Waals surface area contributed by atoms with Gasteiger partial charge in [-0.1, -0.05) is 48.5 Å². The molecule has 0 saturated heterocycles. The maximum Gasteiger partial charge on any atom is 0.339 e. The highest BCUT2D eigenvalue weighted by Crippen LogP contribution is 2.23. The van der Waals surface area contributed by atoms with Gasteiger partial charge in [-0.25, -0.2) is 4.79 Å². The Labute approximate surface area is 158 Å². The van der Waals surface area contributed by atoms with E-state index in [0.717, 1.165) is 10.5 Å². The number of nitrogens with one attached hydrogen (secondary N) is 1. The number of thioether (sulfide) groups is 1. The van der Waals surface area contributed by atoms with E-state index < -0.39 is 5.97 Å². The molecular formula is C21H23NO3S. The van der Waals surface area contributed by atoms with Crippen molar-refractivity contribution in [3.05, 3.63) is 71.8 Å². The van der Waals surface area contributed by atoms with E-state index >= 15 is 0 Å². The van der Waals surface area contributed by atoms with Gasteiger partial charge in [-0.15, -0.1) is 11.8 Å². The SMILES string of the molecule is CC(C)NC(=O)CSc1ccccc1C(=O)OC/C=C/c1ccccc1. The van der Waals surface area contributed by atoms with Gasteiger partial charge in [0.05, 0.1) is 11.3 Å². The van der Waals surface area contributed by atoms with Crippen molar-refractivity contribution in [1.29, 1.82) is 0 Å². The molecular weight excluding hydrogens is 346 g/mol. The van der Waals surface area contributed by atoms with E-state index in [1.165, 1.54) is 11.8 Å². The number of benzene rings is 2. The van der Waals surface area contributed by atoms with E-state index in [9.17, 15) is 9.59 Å². The zero-order valence-corrected chi connectivity index (χ0v) is 15.8. The van der Waals surface area contributed by atoms with Crippen LogP contribution >= 0.6 is 11.8 Å². The van der Waals surface area contributed by atoms with Gasteiger partial charge in [0.2, 0.25) is 5.91 Å². The topological polar surface area (TPSA) is 55.4 Å². The first-order valence-corrected chi connectivity index (χ1v) is 9.44. The van der Waals surface area contributed by atoms with Gasteiger partial charge < -0.3 is 10.1 Å². The molecule has 0 fully saturated rings. The Morgan fingerprint density at radius 1 is 1.08 bits per heavy atom. The zero-order chi connectivity index (χ0) is 18.8. The van der Waals surface area contributed by atoms with E-state index in [2.05, 4.69) is 5.32 Å². The van der Waals surface area contributed by atoms with Crippen molar-refractivity contribution in [3.63, 3.8) is 0 Å². The molecule has 1 N–H and O–H groups in total. The molecule has 2 aromatic rings. The average molecular weight is 369 g/mol. The Balaban J connectivity index is 1.90. The molecule has 0 aromatic heterocycles. The molecule has 4 nitrogen and oxygen atoms in total. The third kappa shape index (κ3) is 6.76. The van der Waals surface area contributed by atoms with Crippen LogP contribution in [-0.4, -0.2) is 30.3 Å². The van der Waals surface area contributed by atoms with Gasteiger partial charge in [0.25, 0.3) is 0 Å². The van der Waals surface area contributed by atoms with E-state index in [4.69, 9.17) is 4.74 Å². The lowest BCUT2D eigenvalue weighted by molar-refractivity contribution is -0.119. The van der Waals surface area contributed by atoms with Crippen LogP contribution < -0.4 is 5.32 Å². The normalized spacial score (nSPS) is 10.9. The van der Waals surface area contributed by atoms with E-state index in [0.29, 0.717) is 5.56 Å². The third-order valence-corrected chi connectivity index (χ3v) is 4.41. The number of carbonyl (C=O) groups is 2. The highest BCUT2D eigenvalue weighted by atomic mass is 32.2. The molecule has 2 aromatic carbocycles. The minimum atomic E-state index is -0.393. The molecule has 136 valence electrons. The summed E-state index contributed by atoms with van der Waals surface area (Å²) in [6.45, 7) is 4.02. The number of carbonyl (C=O) groups excluding carboxylic acids is 2. The first kappa shape index (κ1) is 19.8. The van der Waals surface area contributed by atoms with E-state index in [1.54, 1.807) is 18.2 Å². The van der Waals surface area contributed by atoms with Crippen molar-refractivity contribution in [1.82, 2.24) is 5.32 Å². The fraction of sp³-hybridized carbons (Fsp3) is 0.238. The molecule has 2 rings (SSSR count). The molecule has 0 aliphatic rings. The summed E-state index contributed by atoms with van der Waals surface area (Å²) < 4.78 is 5.32. The molecule has 0 radical (unpaired) electrons. The second-order valence-corrected chi connectivity index (χ2v) is 6.94. The smallest absolute Gasteiger partial charge is 0.339 e. The molecule has 0 bridgehead atoms. The quantitative estimate of drug-likeness (QED) is 0.560. The van der Waals surface area contributed by atoms with Crippen molar-refractivity contribution < 1.29 is 14.3 Å². The van der Waals surface area contributed by atoms with Crippen molar-refractivity contribution in [3.8, 4) is 0 Å². The predicted octanol–water partition coefficient (Wildman–Crippen LogP) is 4.17. The highest BCUT2D eigenvalue weighted by Gasteiger charge is 2.13. The molecule has 0 atom stereocenters. The van der Waals surface area contributed by atoms with Gasteiger partial charge in [0.1, 0.15) is 6.61 Å². The van der Waals surface area contributed by atoms with E-state index in [-0.39, 0.29) is 24.3 Å². The fourth-order valence-electron chi connectivity index (χ4n) is 2.22. The van der Waals surface area contributed by atoms with Crippen LogP contribution in [0.5, 0.6) is 0 Å². The second kappa shape index (κ2) is 10.5. The maximum atomic E-state index is 12.3. The summed E-state index contributed by atoms with van der Waals surface area (Å²) in [6.07, 6.45) is 3.71. The second-order valence-electron chi connectivity index (χ2n) is 5.92. The largest absolute Gasteiger partial charge is 0.458 e. The maximum absolute atomic E-state index is 12.3. The summed E-state index contributed by atoms with van der Waals surface area (Å²) in [5.74, 6) is -0.190. The van der Waals surface area contributed by atoms with E-state index in [1.807, 2.05) is 62.4 Å². The standard InChI is InChI=1S/C21H23NO3S/c1-16(2)22-20(23)15-26-19-13-7-6-12-18(19)21(24)25-14-8-11-17-9-4-3-5-10-17/h3-13,16H,14-15H2,1-2H3,(H,22,23)/b11-8+. The number of ether oxygens (including phenoxy) is 1. The number of amides is 1. The fourth-order valence-corrected chi connectivity index (χ4v) is 3.07. The summed E-state index contributed by atoms with van der Waals surface area (Å²) >= 11 is 1.33. The van der Waals surface area contributed by atoms with Gasteiger partial charge in [0.15, 0.2) is 0 Å². The van der Waals surface area contributed by atoms with Gasteiger partial charge in [-0.2, -0.15) is 0 Å². The summed E-state index contributed by atoms with van der Waals surface area (Å²) in [4.78, 5) is 24.9. The van der Waals surface area contributed by atoms with Crippen LogP contribution in [0, 0.1) is 0 Å². The van der Waals surface area contributed by atoms with Crippen molar-refractivity contribution >= 4 is 29.7 Å². The minimum absolute atomic E-state index is 0.0565. The molecule has 1 amide bonds. The minimum Gasteiger partial charge on any atom is -0.458 e. The van der Waals surface area contributed by atoms with Crippen LogP contribution in [-0.2, 0) is 9.53 Å². The molecule has 0 saturated carbocycles. The number of rotatable bonds is 8. The zero-order valence-electron chi connectivity index (χ0n) is 15.0. The summed E-state index contributed by atoms with van der Waals surface area (Å²) in [5.41, 5.74) is 1.53. The van der Waals surface area contributed by atoms with Crippen LogP contribution in [0.3, 0.4) is 0 Å². The third-order valence-electron chi connectivity index (χ3n) is 3.34. The number of hydrogen-bond acceptors (Lipinski definition) is 4. The molecule has 26 heavy (non-hydrogen) atoms. The number of esters is 1. The van der Waals surface area contributed by atoms with Gasteiger partial charge in [0, 0.05) is 10.9 Å². The first-order valence-electron chi connectivity index (χ1n) is 8.46.